The number of amides is 3. The minimum absolute atomic E-state index is 0.111. The zero-order chi connectivity index (χ0) is 14.3. The number of hydrogen-bond acceptors (Lipinski definition) is 4. The normalized spacial score (nSPS) is 30.6. The highest BCUT2D eigenvalue weighted by Crippen LogP contribution is 2.32. The lowest BCUT2D eigenvalue weighted by atomic mass is 10.1. The quantitative estimate of drug-likeness (QED) is 0.843. The molecule has 110 valence electrons. The molecular formula is C14H22N4O2. The van der Waals surface area contributed by atoms with Crippen LogP contribution in [0.2, 0.25) is 0 Å². The largest absolute Gasteiger partial charge is 0.348 e. The highest BCUT2D eigenvalue weighted by molar-refractivity contribution is 6.04. The fourth-order valence-corrected chi connectivity index (χ4v) is 3.55. The molecule has 0 aromatic rings. The van der Waals surface area contributed by atoms with Gasteiger partial charge >= 0.3 is 6.03 Å². The van der Waals surface area contributed by atoms with E-state index in [2.05, 4.69) is 10.3 Å². The molecule has 2 aliphatic heterocycles. The zero-order valence-electron chi connectivity index (χ0n) is 12.1. The van der Waals surface area contributed by atoms with Crippen LogP contribution in [-0.4, -0.2) is 53.4 Å². The Hall–Kier alpha value is -1.59. The van der Waals surface area contributed by atoms with Crippen LogP contribution in [0.3, 0.4) is 0 Å². The molecule has 1 saturated carbocycles. The number of carbonyl (C=O) groups excluding carboxylic acids is 2. The van der Waals surface area contributed by atoms with Gasteiger partial charge in [0.25, 0.3) is 5.91 Å². The maximum atomic E-state index is 12.5. The van der Waals surface area contributed by atoms with E-state index >= 15 is 0 Å². The van der Waals surface area contributed by atoms with E-state index in [1.807, 2.05) is 18.9 Å². The van der Waals surface area contributed by atoms with Gasteiger partial charge in [-0.05, 0) is 19.3 Å². The molecule has 3 amide bonds. The Bertz CT molecular complexity index is 456. The van der Waals surface area contributed by atoms with Crippen LogP contribution in [0.5, 0.6) is 0 Å². The average Bonchev–Trinajstić information content (AvgIpc) is 3.02. The van der Waals surface area contributed by atoms with E-state index in [4.69, 9.17) is 0 Å². The fourth-order valence-electron chi connectivity index (χ4n) is 3.55. The van der Waals surface area contributed by atoms with Gasteiger partial charge in [0.15, 0.2) is 12.2 Å². The van der Waals surface area contributed by atoms with Gasteiger partial charge in [-0.15, -0.1) is 0 Å². The predicted molar refractivity (Wildman–Crippen MR) is 75.3 cm³/mol. The first-order valence-corrected chi connectivity index (χ1v) is 7.56. The van der Waals surface area contributed by atoms with Gasteiger partial charge in [-0.3, -0.25) is 9.69 Å². The van der Waals surface area contributed by atoms with E-state index < -0.39 is 6.17 Å². The Morgan fingerprint density at radius 1 is 1.30 bits per heavy atom. The number of nitrogens with one attached hydrogen (secondary N) is 1. The Morgan fingerprint density at radius 3 is 2.65 bits per heavy atom. The van der Waals surface area contributed by atoms with Gasteiger partial charge in [-0.1, -0.05) is 19.8 Å². The van der Waals surface area contributed by atoms with Crippen LogP contribution in [0.15, 0.2) is 4.99 Å². The van der Waals surface area contributed by atoms with E-state index in [0.29, 0.717) is 12.5 Å². The highest BCUT2D eigenvalue weighted by atomic mass is 16.2. The second-order valence-electron chi connectivity index (χ2n) is 5.91. The Kier molecular flexibility index (Phi) is 3.40. The van der Waals surface area contributed by atoms with Crippen LogP contribution < -0.4 is 5.32 Å². The molecule has 2 unspecified atom stereocenters. The SMILES string of the molecule is CCCN1C(=O)NC2N=C(C3CCCC3)N(C)C2C1=O. The molecule has 2 heterocycles. The second-order valence-corrected chi connectivity index (χ2v) is 5.91. The number of carbonyl (C=O) groups is 2. The van der Waals surface area contributed by atoms with Gasteiger partial charge in [0, 0.05) is 19.5 Å². The van der Waals surface area contributed by atoms with E-state index in [9.17, 15) is 9.59 Å². The fraction of sp³-hybridized carbons (Fsp3) is 0.786. The molecule has 0 bridgehead atoms. The van der Waals surface area contributed by atoms with Crippen LogP contribution in [0, 0.1) is 5.92 Å². The lowest BCUT2D eigenvalue weighted by Gasteiger charge is -2.36. The number of aliphatic imine (C=N–C) groups is 1. The van der Waals surface area contributed by atoms with Gasteiger partial charge in [-0.2, -0.15) is 0 Å². The molecule has 0 radical (unpaired) electrons. The van der Waals surface area contributed by atoms with Crippen molar-refractivity contribution < 1.29 is 9.59 Å². The van der Waals surface area contributed by atoms with Crippen molar-refractivity contribution in [1.82, 2.24) is 15.1 Å². The minimum atomic E-state index is -0.399. The van der Waals surface area contributed by atoms with Crippen molar-refractivity contribution in [3.8, 4) is 0 Å². The maximum absolute atomic E-state index is 12.5. The van der Waals surface area contributed by atoms with Gasteiger partial charge in [0.1, 0.15) is 5.84 Å². The standard InChI is InChI=1S/C14H22N4O2/c1-3-8-18-13(19)10-11(16-14(18)20)15-12(17(10)2)9-6-4-5-7-9/h9-11H,3-8H2,1-2H3,(H,16,20). The number of amidine groups is 1. The molecule has 0 aromatic heterocycles. The molecule has 20 heavy (non-hydrogen) atoms. The number of rotatable bonds is 3. The first-order chi connectivity index (χ1) is 9.63. The number of fused-ring (bicyclic) bond motifs is 1. The molecule has 2 atom stereocenters. The van der Waals surface area contributed by atoms with Crippen LogP contribution in [0.25, 0.3) is 0 Å². The minimum Gasteiger partial charge on any atom is -0.348 e. The lowest BCUT2D eigenvalue weighted by Crippen LogP contribution is -2.64. The van der Waals surface area contributed by atoms with Crippen molar-refractivity contribution in [1.29, 1.82) is 0 Å². The van der Waals surface area contributed by atoms with Crippen LogP contribution in [0.1, 0.15) is 39.0 Å². The summed E-state index contributed by atoms with van der Waals surface area (Å²) in [4.78, 5) is 32.5. The van der Waals surface area contributed by atoms with Crippen molar-refractivity contribution in [2.75, 3.05) is 13.6 Å². The Morgan fingerprint density at radius 2 is 2.00 bits per heavy atom. The summed E-state index contributed by atoms with van der Waals surface area (Å²) in [7, 11) is 1.93. The average molecular weight is 278 g/mol. The maximum Gasteiger partial charge on any atom is 0.325 e. The smallest absolute Gasteiger partial charge is 0.325 e. The van der Waals surface area contributed by atoms with Crippen LogP contribution in [-0.2, 0) is 4.79 Å². The third kappa shape index (κ3) is 1.98. The van der Waals surface area contributed by atoms with Crippen molar-refractivity contribution >= 4 is 17.8 Å². The summed E-state index contributed by atoms with van der Waals surface area (Å²) in [6, 6.07) is -0.655. The van der Waals surface area contributed by atoms with Crippen molar-refractivity contribution in [2.24, 2.45) is 10.9 Å². The Labute approximate surface area is 119 Å². The summed E-state index contributed by atoms with van der Waals surface area (Å²) in [5, 5.41) is 2.86. The van der Waals surface area contributed by atoms with Crippen molar-refractivity contribution in [3.05, 3.63) is 0 Å². The first-order valence-electron chi connectivity index (χ1n) is 7.56. The molecule has 6 heteroatoms. The molecule has 1 saturated heterocycles. The van der Waals surface area contributed by atoms with Crippen LogP contribution >= 0.6 is 0 Å². The molecule has 0 spiro atoms. The van der Waals surface area contributed by atoms with Gasteiger partial charge in [0.2, 0.25) is 0 Å². The van der Waals surface area contributed by atoms with Crippen molar-refractivity contribution in [2.45, 2.75) is 51.2 Å². The molecule has 6 nitrogen and oxygen atoms in total. The third-order valence-electron chi connectivity index (χ3n) is 4.55. The number of nitrogens with zero attached hydrogens (tertiary/aromatic N) is 3. The molecule has 1 aliphatic carbocycles. The zero-order valence-corrected chi connectivity index (χ0v) is 12.1. The van der Waals surface area contributed by atoms with Gasteiger partial charge in [-0.25, -0.2) is 9.79 Å². The Balaban J connectivity index is 1.82. The first kappa shape index (κ1) is 13.4. The van der Waals surface area contributed by atoms with Crippen LogP contribution in [0.4, 0.5) is 4.79 Å². The lowest BCUT2D eigenvalue weighted by molar-refractivity contribution is -0.134. The van der Waals surface area contributed by atoms with Gasteiger partial charge < -0.3 is 10.2 Å². The van der Waals surface area contributed by atoms with E-state index in [1.54, 1.807) is 0 Å². The predicted octanol–water partition coefficient (Wildman–Crippen LogP) is 1.18. The number of hydrogen-bond donors (Lipinski definition) is 1. The molecule has 0 aromatic carbocycles. The van der Waals surface area contributed by atoms with Gasteiger partial charge in [0.05, 0.1) is 0 Å². The summed E-state index contributed by atoms with van der Waals surface area (Å²) in [5.74, 6) is 1.35. The van der Waals surface area contributed by atoms with E-state index in [-0.39, 0.29) is 18.0 Å². The number of imide groups is 1. The van der Waals surface area contributed by atoms with E-state index in [0.717, 1.165) is 25.1 Å². The van der Waals surface area contributed by atoms with Crippen molar-refractivity contribution in [3.63, 3.8) is 0 Å². The summed E-state index contributed by atoms with van der Waals surface area (Å²) in [6.07, 6.45) is 5.12. The number of likely N-dealkylation sites (N-methyl/N-ethyl adjacent to an activating group) is 1. The number of urea groups is 1. The molecule has 3 rings (SSSR count). The molecule has 1 N–H and O–H groups in total. The van der Waals surface area contributed by atoms with E-state index in [1.165, 1.54) is 17.7 Å². The summed E-state index contributed by atoms with van der Waals surface area (Å²) in [5.41, 5.74) is 0. The highest BCUT2D eigenvalue weighted by Gasteiger charge is 2.48. The monoisotopic (exact) mass is 278 g/mol. The summed E-state index contributed by atoms with van der Waals surface area (Å²) >= 11 is 0. The molecular weight excluding hydrogens is 256 g/mol. The summed E-state index contributed by atoms with van der Waals surface area (Å²) in [6.45, 7) is 2.44. The second kappa shape index (κ2) is 5.07. The topological polar surface area (TPSA) is 65.0 Å². The molecule has 3 aliphatic rings. The molecule has 2 fully saturated rings. The third-order valence-corrected chi connectivity index (χ3v) is 4.55. The summed E-state index contributed by atoms with van der Waals surface area (Å²) < 4.78 is 0.